The van der Waals surface area contributed by atoms with Gasteiger partial charge >= 0.3 is 74.7 Å². The SMILES string of the molecule is O=S(=O)([O-])C(F)(F)C(F)(F)C(F)(F)C(F)CCCCCCCC(F)(F)F.[K+]. The van der Waals surface area contributed by atoms with E-state index in [4.69, 9.17) is 0 Å². The largest absolute Gasteiger partial charge is 1.00 e. The van der Waals surface area contributed by atoms with E-state index in [2.05, 4.69) is 0 Å². The summed E-state index contributed by atoms with van der Waals surface area (Å²) in [6.45, 7) is 0. The Hall–Kier alpha value is 0.846. The van der Waals surface area contributed by atoms with Crippen LogP contribution in [0, 0.1) is 0 Å². The first-order chi connectivity index (χ1) is 11.4. The standard InChI is InChI=1S/C12H16F10O3S.K/c13-8(6-4-2-1-3-5-7-9(14,15)16)10(17,18)11(19,20)12(21,22)26(23,24)25;/h8H,1-7H2,(H,23,24,25);/q;+1/p-1. The van der Waals surface area contributed by atoms with Crippen LogP contribution in [0.1, 0.15) is 44.9 Å². The van der Waals surface area contributed by atoms with E-state index in [1.807, 2.05) is 0 Å². The Balaban J connectivity index is 0. The second kappa shape index (κ2) is 10.7. The minimum absolute atomic E-state index is 0. The molecule has 27 heavy (non-hydrogen) atoms. The first-order valence-electron chi connectivity index (χ1n) is 7.17. The molecule has 0 fully saturated rings. The average molecular weight is 468 g/mol. The number of alkyl halides is 10. The summed E-state index contributed by atoms with van der Waals surface area (Å²) in [7, 11) is -7.20. The number of halogens is 10. The van der Waals surface area contributed by atoms with Gasteiger partial charge in [0.05, 0.1) is 0 Å². The zero-order chi connectivity index (χ0) is 21.0. The zero-order valence-electron chi connectivity index (χ0n) is 13.9. The van der Waals surface area contributed by atoms with Gasteiger partial charge in [0.15, 0.2) is 16.3 Å². The molecule has 0 N–H and O–H groups in total. The fraction of sp³-hybridized carbons (Fsp3) is 1.00. The molecule has 0 aromatic rings. The molecule has 0 radical (unpaired) electrons. The van der Waals surface area contributed by atoms with Crippen molar-refractivity contribution in [2.24, 2.45) is 0 Å². The third kappa shape index (κ3) is 8.24. The fourth-order valence-corrected chi connectivity index (χ4v) is 2.36. The molecule has 0 aromatic carbocycles. The monoisotopic (exact) mass is 468 g/mol. The van der Waals surface area contributed by atoms with Crippen molar-refractivity contribution >= 4 is 10.1 Å². The summed E-state index contributed by atoms with van der Waals surface area (Å²) in [5.41, 5.74) is 0. The molecule has 0 saturated heterocycles. The molecule has 0 aliphatic rings. The Morgan fingerprint density at radius 1 is 0.778 bits per heavy atom. The van der Waals surface area contributed by atoms with E-state index in [0.717, 1.165) is 0 Å². The van der Waals surface area contributed by atoms with Crippen LogP contribution in [0.5, 0.6) is 0 Å². The summed E-state index contributed by atoms with van der Waals surface area (Å²) in [5, 5.41) is -6.73. The molecule has 0 saturated carbocycles. The van der Waals surface area contributed by atoms with Crippen LogP contribution in [-0.4, -0.2) is 42.4 Å². The van der Waals surface area contributed by atoms with Crippen LogP contribution in [0.3, 0.4) is 0 Å². The third-order valence-corrected chi connectivity index (χ3v) is 4.29. The quantitative estimate of drug-likeness (QED) is 0.202. The van der Waals surface area contributed by atoms with E-state index in [1.165, 1.54) is 0 Å². The van der Waals surface area contributed by atoms with Gasteiger partial charge in [0, 0.05) is 6.42 Å². The first-order valence-corrected chi connectivity index (χ1v) is 8.58. The van der Waals surface area contributed by atoms with E-state index in [-0.39, 0.29) is 77.1 Å². The molecule has 0 bridgehead atoms. The van der Waals surface area contributed by atoms with Crippen LogP contribution in [0.25, 0.3) is 0 Å². The fourth-order valence-electron chi connectivity index (χ4n) is 1.91. The zero-order valence-corrected chi connectivity index (χ0v) is 17.9. The summed E-state index contributed by atoms with van der Waals surface area (Å²) < 4.78 is 157. The van der Waals surface area contributed by atoms with E-state index in [9.17, 15) is 56.9 Å². The molecule has 1 atom stereocenters. The molecule has 0 heterocycles. The summed E-state index contributed by atoms with van der Waals surface area (Å²) in [4.78, 5) is 0. The maximum Gasteiger partial charge on any atom is 1.00 e. The van der Waals surface area contributed by atoms with Crippen LogP contribution < -0.4 is 51.4 Å². The number of hydrogen-bond donors (Lipinski definition) is 0. The molecule has 0 aliphatic carbocycles. The van der Waals surface area contributed by atoms with Crippen LogP contribution >= 0.6 is 0 Å². The van der Waals surface area contributed by atoms with Gasteiger partial charge in [-0.3, -0.25) is 0 Å². The maximum atomic E-state index is 13.3. The molecule has 3 nitrogen and oxygen atoms in total. The Bertz CT molecular complexity index is 550. The van der Waals surface area contributed by atoms with E-state index in [1.54, 1.807) is 0 Å². The minimum Gasteiger partial charge on any atom is -0.743 e. The molecule has 1 unspecified atom stereocenters. The van der Waals surface area contributed by atoms with Gasteiger partial charge in [0.2, 0.25) is 0 Å². The van der Waals surface area contributed by atoms with Gasteiger partial charge in [-0.05, 0) is 12.8 Å². The van der Waals surface area contributed by atoms with Crippen molar-refractivity contribution < 1.29 is 108 Å². The molecule has 0 amide bonds. The molecule has 0 aliphatic heterocycles. The summed E-state index contributed by atoms with van der Waals surface area (Å²) in [6, 6.07) is 0. The summed E-state index contributed by atoms with van der Waals surface area (Å²) in [5.74, 6) is -12.9. The Morgan fingerprint density at radius 2 is 1.19 bits per heavy atom. The second-order valence-corrected chi connectivity index (χ2v) is 6.98. The topological polar surface area (TPSA) is 57.2 Å². The van der Waals surface area contributed by atoms with Gasteiger partial charge < -0.3 is 4.55 Å². The van der Waals surface area contributed by atoms with Gasteiger partial charge in [0.1, 0.15) is 0 Å². The molecule has 0 rings (SSSR count). The predicted octanol–water partition coefficient (Wildman–Crippen LogP) is 2.03. The van der Waals surface area contributed by atoms with Crippen LogP contribution in [0.4, 0.5) is 43.9 Å². The maximum absolute atomic E-state index is 13.3. The van der Waals surface area contributed by atoms with Crippen molar-refractivity contribution in [1.29, 1.82) is 0 Å². The number of rotatable bonds is 11. The normalized spacial score (nSPS) is 15.4. The van der Waals surface area contributed by atoms with Gasteiger partial charge in [-0.1, -0.05) is 25.7 Å². The number of hydrogen-bond acceptors (Lipinski definition) is 3. The Labute approximate surface area is 191 Å². The van der Waals surface area contributed by atoms with Crippen molar-refractivity contribution in [3.63, 3.8) is 0 Å². The summed E-state index contributed by atoms with van der Waals surface area (Å²) >= 11 is 0. The minimum atomic E-state index is -7.20. The van der Waals surface area contributed by atoms with E-state index < -0.39 is 58.8 Å². The van der Waals surface area contributed by atoms with Crippen molar-refractivity contribution in [3.05, 3.63) is 0 Å². The smallest absolute Gasteiger partial charge is 0.743 e. The van der Waals surface area contributed by atoms with E-state index in [0.29, 0.717) is 0 Å². The Kier molecular flexibility index (Phi) is 12.0. The van der Waals surface area contributed by atoms with Gasteiger partial charge in [-0.15, -0.1) is 0 Å². The summed E-state index contributed by atoms with van der Waals surface area (Å²) in [6.07, 6.45) is -11.7. The van der Waals surface area contributed by atoms with Crippen LogP contribution in [0.15, 0.2) is 0 Å². The van der Waals surface area contributed by atoms with Crippen LogP contribution in [-0.2, 0) is 10.1 Å². The molecule has 0 spiro atoms. The average Bonchev–Trinajstić information content (AvgIpc) is 2.43. The third-order valence-electron chi connectivity index (χ3n) is 3.41. The molecular weight excluding hydrogens is 453 g/mol. The molecule has 158 valence electrons. The van der Waals surface area contributed by atoms with Gasteiger partial charge in [0.25, 0.3) is 0 Å². The van der Waals surface area contributed by atoms with Crippen molar-refractivity contribution in [2.75, 3.05) is 0 Å². The first kappa shape index (κ1) is 30.0. The van der Waals surface area contributed by atoms with Gasteiger partial charge in [-0.2, -0.15) is 39.5 Å². The van der Waals surface area contributed by atoms with Crippen molar-refractivity contribution in [1.82, 2.24) is 0 Å². The van der Waals surface area contributed by atoms with Crippen molar-refractivity contribution in [2.45, 2.75) is 74.4 Å². The molecule has 15 heteroatoms. The predicted molar refractivity (Wildman–Crippen MR) is 67.8 cm³/mol. The van der Waals surface area contributed by atoms with Gasteiger partial charge in [-0.25, -0.2) is 12.8 Å². The van der Waals surface area contributed by atoms with Crippen molar-refractivity contribution in [3.8, 4) is 0 Å². The Morgan fingerprint density at radius 3 is 1.59 bits per heavy atom. The van der Waals surface area contributed by atoms with E-state index >= 15 is 0 Å². The second-order valence-electron chi connectivity index (χ2n) is 5.56. The molecular formula is C12H15F10KO3S. The van der Waals surface area contributed by atoms with Crippen LogP contribution in [0.2, 0.25) is 0 Å². The number of unbranched alkanes of at least 4 members (excludes halogenated alkanes) is 4. The molecule has 0 aromatic heterocycles.